The average molecular weight is 205 g/mol. The summed E-state index contributed by atoms with van der Waals surface area (Å²) in [4.78, 5) is 0. The topological polar surface area (TPSA) is 46.2 Å². The highest BCUT2D eigenvalue weighted by atomic mass is 16.3. The molecule has 0 heterocycles. The van der Waals surface area contributed by atoms with E-state index < -0.39 is 0 Å². The summed E-state index contributed by atoms with van der Waals surface area (Å²) in [6.07, 6.45) is 3.11. The Morgan fingerprint density at radius 1 is 1.33 bits per heavy atom. The third-order valence-corrected chi connectivity index (χ3v) is 3.55. The van der Waals surface area contributed by atoms with E-state index in [1.54, 1.807) is 0 Å². The van der Waals surface area contributed by atoms with E-state index in [2.05, 4.69) is 0 Å². The first kappa shape index (κ1) is 10.7. The second-order valence-electron chi connectivity index (χ2n) is 4.56. The van der Waals surface area contributed by atoms with Gasteiger partial charge in [-0.05, 0) is 36.8 Å². The fourth-order valence-electron chi connectivity index (χ4n) is 2.22. The molecular formula is C13H19NO. The Balaban J connectivity index is 2.12. The van der Waals surface area contributed by atoms with Crippen LogP contribution in [0.2, 0.25) is 0 Å². The van der Waals surface area contributed by atoms with Crippen molar-refractivity contribution >= 4 is 0 Å². The number of benzene rings is 1. The van der Waals surface area contributed by atoms with E-state index in [4.69, 9.17) is 5.73 Å². The minimum Gasteiger partial charge on any atom is -0.391 e. The van der Waals surface area contributed by atoms with Gasteiger partial charge in [0.15, 0.2) is 0 Å². The van der Waals surface area contributed by atoms with E-state index in [-0.39, 0.29) is 12.1 Å². The van der Waals surface area contributed by atoms with Crippen LogP contribution in [0.25, 0.3) is 0 Å². The van der Waals surface area contributed by atoms with Gasteiger partial charge in [0.25, 0.3) is 0 Å². The highest BCUT2D eigenvalue weighted by Gasteiger charge is 2.30. The van der Waals surface area contributed by atoms with Crippen molar-refractivity contribution in [2.45, 2.75) is 38.3 Å². The van der Waals surface area contributed by atoms with Crippen LogP contribution in [0.4, 0.5) is 0 Å². The number of aryl methyl sites for hydroxylation is 1. The van der Waals surface area contributed by atoms with E-state index in [1.165, 1.54) is 12.0 Å². The maximum atomic E-state index is 10.1. The monoisotopic (exact) mass is 205 g/mol. The second-order valence-corrected chi connectivity index (χ2v) is 4.56. The van der Waals surface area contributed by atoms with Crippen LogP contribution in [-0.2, 0) is 0 Å². The number of hydrogen-bond acceptors (Lipinski definition) is 2. The Hall–Kier alpha value is -0.860. The van der Waals surface area contributed by atoms with E-state index in [1.807, 2.05) is 31.2 Å². The number of nitrogens with two attached hydrogens (primary N) is 1. The van der Waals surface area contributed by atoms with Crippen molar-refractivity contribution in [3.63, 3.8) is 0 Å². The predicted molar refractivity (Wildman–Crippen MR) is 61.5 cm³/mol. The first-order valence-electron chi connectivity index (χ1n) is 5.69. The average Bonchev–Trinajstić information content (AvgIpc) is 2.15. The summed E-state index contributed by atoms with van der Waals surface area (Å²) in [7, 11) is 0. The van der Waals surface area contributed by atoms with Gasteiger partial charge in [-0.3, -0.25) is 0 Å². The molecular weight excluding hydrogens is 186 g/mol. The Labute approximate surface area is 91.1 Å². The third-order valence-electron chi connectivity index (χ3n) is 3.55. The van der Waals surface area contributed by atoms with Crippen molar-refractivity contribution in [2.24, 2.45) is 11.7 Å². The molecule has 0 spiro atoms. The molecule has 0 bridgehead atoms. The van der Waals surface area contributed by atoms with E-state index in [9.17, 15) is 5.11 Å². The lowest BCUT2D eigenvalue weighted by atomic mass is 9.77. The molecule has 0 aliphatic heterocycles. The fourth-order valence-corrected chi connectivity index (χ4v) is 2.22. The molecule has 1 aliphatic carbocycles. The molecule has 0 saturated heterocycles. The standard InChI is InChI=1S/C13H19NO/c1-9-5-2-3-8-11(9)12(14)13(15)10-6-4-7-10/h2-3,5,8,10,12-13,15H,4,6-7,14H2,1H3/t12-,13+/m1/s1. The van der Waals surface area contributed by atoms with E-state index in [0.717, 1.165) is 18.4 Å². The van der Waals surface area contributed by atoms with Crippen LogP contribution in [-0.4, -0.2) is 11.2 Å². The summed E-state index contributed by atoms with van der Waals surface area (Å²) in [5, 5.41) is 10.1. The van der Waals surface area contributed by atoms with Gasteiger partial charge in [0.1, 0.15) is 0 Å². The molecule has 1 saturated carbocycles. The molecule has 15 heavy (non-hydrogen) atoms. The summed E-state index contributed by atoms with van der Waals surface area (Å²) in [5.74, 6) is 0.416. The highest BCUT2D eigenvalue weighted by Crippen LogP contribution is 2.34. The third kappa shape index (κ3) is 2.06. The van der Waals surface area contributed by atoms with E-state index in [0.29, 0.717) is 5.92 Å². The van der Waals surface area contributed by atoms with Crippen LogP contribution in [0.15, 0.2) is 24.3 Å². The molecule has 0 aromatic heterocycles. The lowest BCUT2D eigenvalue weighted by Crippen LogP contribution is -2.36. The first-order chi connectivity index (χ1) is 7.20. The van der Waals surface area contributed by atoms with Gasteiger partial charge in [-0.25, -0.2) is 0 Å². The van der Waals surface area contributed by atoms with Crippen molar-refractivity contribution in [3.05, 3.63) is 35.4 Å². The molecule has 2 rings (SSSR count). The van der Waals surface area contributed by atoms with Crippen LogP contribution >= 0.6 is 0 Å². The van der Waals surface area contributed by atoms with Crippen molar-refractivity contribution in [1.29, 1.82) is 0 Å². The molecule has 1 aliphatic rings. The Morgan fingerprint density at radius 2 is 2.00 bits per heavy atom. The molecule has 2 nitrogen and oxygen atoms in total. The summed E-state index contributed by atoms with van der Waals surface area (Å²) in [6.45, 7) is 2.04. The highest BCUT2D eigenvalue weighted by molar-refractivity contribution is 5.29. The van der Waals surface area contributed by atoms with Gasteiger partial charge in [0.05, 0.1) is 12.1 Å². The van der Waals surface area contributed by atoms with E-state index >= 15 is 0 Å². The molecule has 2 atom stereocenters. The zero-order valence-electron chi connectivity index (χ0n) is 9.19. The molecule has 1 fully saturated rings. The van der Waals surface area contributed by atoms with Gasteiger partial charge >= 0.3 is 0 Å². The lowest BCUT2D eigenvalue weighted by molar-refractivity contribution is 0.0412. The Bertz CT molecular complexity index is 333. The number of rotatable bonds is 3. The molecule has 1 aromatic carbocycles. The molecule has 2 heteroatoms. The minimum absolute atomic E-state index is 0.225. The van der Waals surface area contributed by atoms with Crippen molar-refractivity contribution in [2.75, 3.05) is 0 Å². The summed E-state index contributed by atoms with van der Waals surface area (Å²) in [6, 6.07) is 7.82. The van der Waals surface area contributed by atoms with Crippen LogP contribution in [0.3, 0.4) is 0 Å². The van der Waals surface area contributed by atoms with Crippen molar-refractivity contribution < 1.29 is 5.11 Å². The summed E-state index contributed by atoms with van der Waals surface area (Å²) < 4.78 is 0. The van der Waals surface area contributed by atoms with Gasteiger partial charge in [-0.2, -0.15) is 0 Å². The summed E-state index contributed by atoms with van der Waals surface area (Å²) >= 11 is 0. The minimum atomic E-state index is -0.375. The van der Waals surface area contributed by atoms with Crippen molar-refractivity contribution in [1.82, 2.24) is 0 Å². The number of aliphatic hydroxyl groups is 1. The zero-order chi connectivity index (χ0) is 10.8. The molecule has 0 unspecified atom stereocenters. The van der Waals surface area contributed by atoms with Crippen LogP contribution < -0.4 is 5.73 Å². The van der Waals surface area contributed by atoms with Crippen molar-refractivity contribution in [3.8, 4) is 0 Å². The zero-order valence-corrected chi connectivity index (χ0v) is 9.19. The number of hydrogen-bond donors (Lipinski definition) is 2. The van der Waals surface area contributed by atoms with Crippen LogP contribution in [0, 0.1) is 12.8 Å². The van der Waals surface area contributed by atoms with Crippen LogP contribution in [0.5, 0.6) is 0 Å². The Morgan fingerprint density at radius 3 is 2.53 bits per heavy atom. The smallest absolute Gasteiger partial charge is 0.0760 e. The Kier molecular flexibility index (Phi) is 3.08. The quantitative estimate of drug-likeness (QED) is 0.794. The van der Waals surface area contributed by atoms with Gasteiger partial charge in [0, 0.05) is 0 Å². The fraction of sp³-hybridized carbons (Fsp3) is 0.538. The summed E-state index contributed by atoms with van der Waals surface area (Å²) in [5.41, 5.74) is 8.35. The predicted octanol–water partition coefficient (Wildman–Crippen LogP) is 2.16. The molecule has 82 valence electrons. The lowest BCUT2D eigenvalue weighted by Gasteiger charge is -2.34. The number of aliphatic hydroxyl groups excluding tert-OH is 1. The molecule has 0 amide bonds. The van der Waals surface area contributed by atoms with Gasteiger partial charge < -0.3 is 10.8 Å². The molecule has 0 radical (unpaired) electrons. The van der Waals surface area contributed by atoms with Gasteiger partial charge in [-0.15, -0.1) is 0 Å². The van der Waals surface area contributed by atoms with Crippen LogP contribution in [0.1, 0.15) is 36.4 Å². The maximum Gasteiger partial charge on any atom is 0.0760 e. The SMILES string of the molecule is Cc1ccccc1[C@@H](N)[C@@H](O)C1CCC1. The van der Waals surface area contributed by atoms with Gasteiger partial charge in [-0.1, -0.05) is 30.7 Å². The normalized spacial score (nSPS) is 20.7. The molecule has 1 aromatic rings. The second kappa shape index (κ2) is 4.33. The maximum absolute atomic E-state index is 10.1. The van der Waals surface area contributed by atoms with Gasteiger partial charge in [0.2, 0.25) is 0 Å². The first-order valence-corrected chi connectivity index (χ1v) is 5.69. The molecule has 3 N–H and O–H groups in total. The largest absolute Gasteiger partial charge is 0.391 e.